The normalized spacial score (nSPS) is 14.6. The second kappa shape index (κ2) is 6.27. The first-order valence-electron chi connectivity index (χ1n) is 6.36. The van der Waals surface area contributed by atoms with E-state index < -0.39 is 13.0 Å². The van der Waals surface area contributed by atoms with Crippen LogP contribution in [-0.4, -0.2) is 25.0 Å². The van der Waals surface area contributed by atoms with E-state index in [1.807, 2.05) is 36.2 Å². The smallest absolute Gasteiger partial charge is 0.272 e. The van der Waals surface area contributed by atoms with Gasteiger partial charge in [-0.15, -0.1) is 6.42 Å². The van der Waals surface area contributed by atoms with Crippen molar-refractivity contribution in [2.24, 2.45) is 0 Å². The summed E-state index contributed by atoms with van der Waals surface area (Å²) in [6.45, 7) is 3.35. The Bertz CT molecular complexity index is 636. The molecule has 0 amide bonds. The van der Waals surface area contributed by atoms with Crippen molar-refractivity contribution in [3.63, 3.8) is 0 Å². The molecule has 1 aromatic carbocycles. The summed E-state index contributed by atoms with van der Waals surface area (Å²) >= 11 is 0. The van der Waals surface area contributed by atoms with E-state index in [-0.39, 0.29) is 0 Å². The Labute approximate surface area is 123 Å². The van der Waals surface area contributed by atoms with Crippen molar-refractivity contribution >= 4 is 5.70 Å². The van der Waals surface area contributed by atoms with Crippen LogP contribution in [0, 0.1) is 12.3 Å². The number of alkyl halides is 2. The largest absolute Gasteiger partial charge is 0.488 e. The third kappa shape index (κ3) is 3.32. The van der Waals surface area contributed by atoms with Crippen LogP contribution in [-0.2, 0) is 0 Å². The van der Waals surface area contributed by atoms with Crippen LogP contribution in [0.15, 0.2) is 54.3 Å². The third-order valence-electron chi connectivity index (χ3n) is 3.17. The van der Waals surface area contributed by atoms with Crippen molar-refractivity contribution in [1.82, 2.24) is 4.90 Å². The molecule has 108 valence electrons. The summed E-state index contributed by atoms with van der Waals surface area (Å²) in [6, 6.07) is 6.95. The molecule has 4 heteroatoms. The molecule has 0 fully saturated rings. The second-order valence-corrected chi connectivity index (χ2v) is 4.51. The maximum absolute atomic E-state index is 12.1. The van der Waals surface area contributed by atoms with Crippen molar-refractivity contribution in [3.05, 3.63) is 59.8 Å². The number of hydrogen-bond acceptors (Lipinski definition) is 2. The monoisotopic (exact) mass is 287 g/mol. The predicted octanol–water partition coefficient (Wildman–Crippen LogP) is 3.69. The van der Waals surface area contributed by atoms with E-state index in [4.69, 9.17) is 11.2 Å². The molecule has 1 aliphatic heterocycles. The lowest BCUT2D eigenvalue weighted by Gasteiger charge is -2.28. The Morgan fingerprint density at radius 2 is 1.95 bits per heavy atom. The molecular formula is C17H15F2NO. The number of allylic oxidation sites excluding steroid dienone is 3. The minimum absolute atomic E-state index is 0.414. The number of benzene rings is 1. The zero-order valence-electron chi connectivity index (χ0n) is 11.6. The molecule has 21 heavy (non-hydrogen) atoms. The van der Waals surface area contributed by atoms with Crippen LogP contribution in [0.25, 0.3) is 5.70 Å². The molecule has 2 rings (SSSR count). The van der Waals surface area contributed by atoms with Gasteiger partial charge in [0.25, 0.3) is 6.43 Å². The lowest BCUT2D eigenvalue weighted by Crippen LogP contribution is -2.19. The van der Waals surface area contributed by atoms with E-state index in [9.17, 15) is 8.78 Å². The second-order valence-electron chi connectivity index (χ2n) is 4.51. The molecule has 0 saturated carbocycles. The van der Waals surface area contributed by atoms with E-state index in [2.05, 4.69) is 12.5 Å². The SMILES string of the molecule is C#CC1=CC=C(c2ccc(OCC(F)F)cc2)N(C)C1=C. The molecule has 0 unspecified atom stereocenters. The number of terminal acetylenes is 1. The molecule has 0 saturated heterocycles. The molecule has 0 aliphatic carbocycles. The molecule has 0 spiro atoms. The first-order valence-corrected chi connectivity index (χ1v) is 6.36. The van der Waals surface area contributed by atoms with Gasteiger partial charge in [0.1, 0.15) is 12.4 Å². The van der Waals surface area contributed by atoms with Gasteiger partial charge in [-0.25, -0.2) is 8.78 Å². The number of nitrogens with zero attached hydrogens (tertiary/aromatic N) is 1. The minimum atomic E-state index is -2.48. The van der Waals surface area contributed by atoms with Crippen molar-refractivity contribution in [2.45, 2.75) is 6.43 Å². The summed E-state index contributed by atoms with van der Waals surface area (Å²) in [6.07, 6.45) is 6.66. The minimum Gasteiger partial charge on any atom is -0.488 e. The lowest BCUT2D eigenvalue weighted by atomic mass is 10.0. The van der Waals surface area contributed by atoms with Gasteiger partial charge in [-0.1, -0.05) is 12.5 Å². The zero-order valence-corrected chi connectivity index (χ0v) is 11.6. The van der Waals surface area contributed by atoms with Crippen LogP contribution in [0.5, 0.6) is 5.75 Å². The summed E-state index contributed by atoms with van der Waals surface area (Å²) in [5.41, 5.74) is 3.33. The van der Waals surface area contributed by atoms with Gasteiger partial charge in [0.15, 0.2) is 0 Å². The quantitative estimate of drug-likeness (QED) is 0.783. The fourth-order valence-corrected chi connectivity index (χ4v) is 2.00. The van der Waals surface area contributed by atoms with Crippen LogP contribution < -0.4 is 4.74 Å². The van der Waals surface area contributed by atoms with Gasteiger partial charge < -0.3 is 9.64 Å². The standard InChI is InChI=1S/C17H15F2NO/c1-4-13-7-10-16(20(3)12(13)2)14-5-8-15(9-6-14)21-11-17(18)19/h1,5-10,17H,2,11H2,3H3. The molecule has 0 aromatic heterocycles. The maximum Gasteiger partial charge on any atom is 0.272 e. The van der Waals surface area contributed by atoms with Gasteiger partial charge >= 0.3 is 0 Å². The van der Waals surface area contributed by atoms with Gasteiger partial charge in [-0.3, -0.25) is 0 Å². The highest BCUT2D eigenvalue weighted by Gasteiger charge is 2.16. The average Bonchev–Trinajstić information content (AvgIpc) is 2.48. The van der Waals surface area contributed by atoms with Crippen molar-refractivity contribution in [2.75, 3.05) is 13.7 Å². The molecule has 0 atom stereocenters. The highest BCUT2D eigenvalue weighted by Crippen LogP contribution is 2.29. The fourth-order valence-electron chi connectivity index (χ4n) is 2.00. The first-order chi connectivity index (χ1) is 10.0. The summed E-state index contributed by atoms with van der Waals surface area (Å²) in [5, 5.41) is 0. The van der Waals surface area contributed by atoms with Gasteiger partial charge in [0.05, 0.1) is 0 Å². The number of halogens is 2. The van der Waals surface area contributed by atoms with E-state index >= 15 is 0 Å². The molecule has 0 radical (unpaired) electrons. The summed E-state index contributed by atoms with van der Waals surface area (Å²) in [5.74, 6) is 2.99. The molecular weight excluding hydrogens is 272 g/mol. The van der Waals surface area contributed by atoms with E-state index in [1.165, 1.54) is 0 Å². The average molecular weight is 287 g/mol. The van der Waals surface area contributed by atoms with Crippen molar-refractivity contribution in [3.8, 4) is 18.1 Å². The third-order valence-corrected chi connectivity index (χ3v) is 3.17. The Morgan fingerprint density at radius 3 is 2.52 bits per heavy atom. The molecule has 1 heterocycles. The number of likely N-dealkylation sites (N-methyl/N-ethyl adjacent to an activating group) is 1. The molecule has 0 bridgehead atoms. The van der Waals surface area contributed by atoms with Crippen LogP contribution >= 0.6 is 0 Å². The summed E-state index contributed by atoms with van der Waals surface area (Å²) < 4.78 is 29.1. The highest BCUT2D eigenvalue weighted by atomic mass is 19.3. The number of rotatable bonds is 4. The molecule has 1 aromatic rings. The Morgan fingerprint density at radius 1 is 1.29 bits per heavy atom. The van der Waals surface area contributed by atoms with Crippen LogP contribution in [0.3, 0.4) is 0 Å². The number of hydrogen-bond donors (Lipinski definition) is 0. The Balaban J connectivity index is 2.19. The van der Waals surface area contributed by atoms with Crippen molar-refractivity contribution < 1.29 is 13.5 Å². The van der Waals surface area contributed by atoms with E-state index in [0.29, 0.717) is 5.75 Å². The number of ether oxygens (including phenoxy) is 1. The molecule has 0 N–H and O–H groups in total. The Hall–Kier alpha value is -2.54. The topological polar surface area (TPSA) is 12.5 Å². The molecule has 1 aliphatic rings. The van der Waals surface area contributed by atoms with Gasteiger partial charge in [0, 0.05) is 24.0 Å². The first kappa shape index (κ1) is 14.9. The van der Waals surface area contributed by atoms with Crippen LogP contribution in [0.2, 0.25) is 0 Å². The van der Waals surface area contributed by atoms with Gasteiger partial charge in [-0.05, 0) is 42.0 Å². The van der Waals surface area contributed by atoms with Crippen LogP contribution in [0.4, 0.5) is 8.78 Å². The summed E-state index contributed by atoms with van der Waals surface area (Å²) in [4.78, 5) is 1.89. The zero-order chi connectivity index (χ0) is 15.4. The lowest BCUT2D eigenvalue weighted by molar-refractivity contribution is 0.0819. The molecule has 2 nitrogen and oxygen atoms in total. The van der Waals surface area contributed by atoms with Crippen LogP contribution in [0.1, 0.15) is 5.56 Å². The van der Waals surface area contributed by atoms with E-state index in [1.54, 1.807) is 12.1 Å². The van der Waals surface area contributed by atoms with Gasteiger partial charge in [0.2, 0.25) is 0 Å². The predicted molar refractivity (Wildman–Crippen MR) is 79.7 cm³/mol. The van der Waals surface area contributed by atoms with Gasteiger partial charge in [-0.2, -0.15) is 0 Å². The highest BCUT2D eigenvalue weighted by molar-refractivity contribution is 5.72. The fraction of sp³-hybridized carbons (Fsp3) is 0.176. The Kier molecular flexibility index (Phi) is 4.44. The van der Waals surface area contributed by atoms with E-state index in [0.717, 1.165) is 22.5 Å². The van der Waals surface area contributed by atoms with Crippen molar-refractivity contribution in [1.29, 1.82) is 0 Å². The maximum atomic E-state index is 12.1. The summed E-state index contributed by atoms with van der Waals surface area (Å²) in [7, 11) is 1.87.